The number of ketones is 1. The van der Waals surface area contributed by atoms with Gasteiger partial charge in [0, 0.05) is 26.7 Å². The Bertz CT molecular complexity index is 961. The average Bonchev–Trinajstić information content (AvgIpc) is 2.89. The number of ether oxygens (including phenoxy) is 2. The number of hydrogen-bond acceptors (Lipinski definition) is 17. The van der Waals surface area contributed by atoms with Gasteiger partial charge in [-0.05, 0) is 0 Å². The number of rotatable bonds is 16. The van der Waals surface area contributed by atoms with E-state index in [1.165, 1.54) is 0 Å². The van der Waals surface area contributed by atoms with Gasteiger partial charge in [0.2, 0.25) is 17.6 Å². The second kappa shape index (κ2) is 19.6. The molecule has 43 heavy (non-hydrogen) atoms. The maximum absolute atomic E-state index is 12.2. The van der Waals surface area contributed by atoms with Crippen LogP contribution >= 0.6 is 0 Å². The molecule has 0 aromatic heterocycles. The first-order chi connectivity index (χ1) is 18.9. The minimum Gasteiger partial charge on any atom is -0.544 e. The first kappa shape index (κ1) is 44.3. The molecule has 11 atom stereocenters. The maximum atomic E-state index is 12.2. The molecule has 1 rings (SSSR count). The number of aliphatic hydroxyl groups excluding tert-OH is 8. The largest absolute Gasteiger partial charge is 1.00 e. The zero-order valence-corrected chi connectivity index (χ0v) is 27.9. The molecule has 10 N–H and O–H groups in total. The molecule has 21 heteroatoms. The van der Waals surface area contributed by atoms with Gasteiger partial charge in [0.15, 0.2) is 5.78 Å². The molecule has 0 aliphatic carbocycles. The van der Waals surface area contributed by atoms with E-state index in [9.17, 15) is 75.0 Å². The molecule has 1 aliphatic heterocycles. The Hall–Kier alpha value is -0.850. The van der Waals surface area contributed by atoms with Crippen molar-refractivity contribution in [3.63, 3.8) is 0 Å². The summed E-state index contributed by atoms with van der Waals surface area (Å²) in [4.78, 5) is 57.6. The van der Waals surface area contributed by atoms with Crippen molar-refractivity contribution in [3.05, 3.63) is 0 Å². The van der Waals surface area contributed by atoms with E-state index in [1.807, 2.05) is 5.32 Å². The Morgan fingerprint density at radius 2 is 1.49 bits per heavy atom. The fraction of sp³-hybridized carbons (Fsp3) is 0.773. The first-order valence-electron chi connectivity index (χ1n) is 12.1. The molecule has 1 heterocycles. The van der Waals surface area contributed by atoms with E-state index in [1.54, 1.807) is 0 Å². The minimum absolute atomic E-state index is 0. The van der Waals surface area contributed by atoms with Crippen LogP contribution in [0.4, 0.5) is 0 Å². The Morgan fingerprint density at radius 3 is 1.91 bits per heavy atom. The van der Waals surface area contributed by atoms with Crippen LogP contribution in [-0.4, -0.2) is 150 Å². The van der Waals surface area contributed by atoms with Gasteiger partial charge >= 0.3 is 59.1 Å². The van der Waals surface area contributed by atoms with E-state index in [4.69, 9.17) is 9.47 Å². The van der Waals surface area contributed by atoms with Gasteiger partial charge in [-0.1, -0.05) is 0 Å². The number of nitrogens with one attached hydrogen (secondary N) is 2. The third-order valence-corrected chi connectivity index (χ3v) is 6.20. The van der Waals surface area contributed by atoms with Crippen LogP contribution in [-0.2, 0) is 33.4 Å². The summed E-state index contributed by atoms with van der Waals surface area (Å²) in [6.45, 7) is -0.523. The molecule has 0 radical (unpaired) electrons. The van der Waals surface area contributed by atoms with Crippen LogP contribution in [0.25, 0.3) is 0 Å². The predicted molar refractivity (Wildman–Crippen MR) is 122 cm³/mol. The van der Waals surface area contributed by atoms with E-state index in [2.05, 4.69) is 5.32 Å². The number of hydrogen-bond donors (Lipinski definition) is 10. The molecule has 0 saturated carbocycles. The molecule has 0 spiro atoms. The molecular formula is C22H34N2Na2O17. The molecule has 1 fully saturated rings. The second-order valence-corrected chi connectivity index (χ2v) is 9.39. The quantitative estimate of drug-likeness (QED) is 0.0550. The molecule has 1 aliphatic rings. The summed E-state index contributed by atoms with van der Waals surface area (Å²) >= 11 is 0. The second-order valence-electron chi connectivity index (χ2n) is 9.39. The van der Waals surface area contributed by atoms with Crippen LogP contribution in [0.1, 0.15) is 26.7 Å². The SMILES string of the molecule is CC(=O)N[C@@H]([C@@H](O)[C@H](O)[C@@H](CO)O[C@]1(C(=O)[O-])C[C@H](O)[C@@H](NC(C)=O)[C@H]([C@H](O)[C@H](O)CO)O1)[C@@H](O)CC(=O)C(=O)[O-].[Na+].[Na+]. The van der Waals surface area contributed by atoms with Gasteiger partial charge in [0.25, 0.3) is 0 Å². The van der Waals surface area contributed by atoms with Crippen LogP contribution in [0.2, 0.25) is 0 Å². The van der Waals surface area contributed by atoms with Gasteiger partial charge in [-0.2, -0.15) is 0 Å². The fourth-order valence-electron chi connectivity index (χ4n) is 4.18. The molecule has 0 unspecified atom stereocenters. The van der Waals surface area contributed by atoms with Crippen molar-refractivity contribution in [2.24, 2.45) is 0 Å². The van der Waals surface area contributed by atoms with Crippen LogP contribution in [0, 0.1) is 0 Å². The van der Waals surface area contributed by atoms with Crippen molar-refractivity contribution < 1.29 is 144 Å². The van der Waals surface area contributed by atoms with Crippen molar-refractivity contribution in [1.29, 1.82) is 0 Å². The van der Waals surface area contributed by atoms with Gasteiger partial charge in [0.05, 0.1) is 37.5 Å². The first-order valence-corrected chi connectivity index (χ1v) is 12.1. The number of carbonyl (C=O) groups is 5. The fourth-order valence-corrected chi connectivity index (χ4v) is 4.18. The molecule has 19 nitrogen and oxygen atoms in total. The Kier molecular flexibility index (Phi) is 20.2. The maximum Gasteiger partial charge on any atom is 1.00 e. The zero-order valence-electron chi connectivity index (χ0n) is 23.9. The van der Waals surface area contributed by atoms with Gasteiger partial charge in [-0.3, -0.25) is 14.4 Å². The predicted octanol–water partition coefficient (Wildman–Crippen LogP) is -15.5. The summed E-state index contributed by atoms with van der Waals surface area (Å²) in [6, 6.07) is -3.60. The number of carbonyl (C=O) groups excluding carboxylic acids is 5. The van der Waals surface area contributed by atoms with Gasteiger partial charge in [0.1, 0.15) is 48.6 Å². The molecule has 2 amide bonds. The van der Waals surface area contributed by atoms with E-state index in [0.29, 0.717) is 0 Å². The summed E-state index contributed by atoms with van der Waals surface area (Å²) in [7, 11) is 0. The number of carboxylic acids is 2. The summed E-state index contributed by atoms with van der Waals surface area (Å²) in [6.07, 6.45) is -19.6. The normalized spacial score (nSPS) is 26.5. The monoisotopic (exact) mass is 644 g/mol. The van der Waals surface area contributed by atoms with Gasteiger partial charge in [-0.15, -0.1) is 0 Å². The van der Waals surface area contributed by atoms with E-state index < -0.39 is 122 Å². The molecular weight excluding hydrogens is 610 g/mol. The standard InChI is InChI=1S/C22H36N2O17.2Na/c1-7(27)23-14(9(29)3-10(30)20(36)37)18(35)17(34)13(6-26)40-22(21(38)39)4-11(31)15(24-8(2)28)19(41-22)16(33)12(32)5-25;;/h9,11-19,25-26,29,31-35H,3-6H2,1-2H3,(H,23,27)(H,24,28)(H,36,37)(H,38,39);;/q;2*+1/p-2/t9-,11-,12+,13+,14+,15+,16+,17+,18+,19+,22+;;/m0../s1. The van der Waals surface area contributed by atoms with Gasteiger partial charge < -0.3 is 80.8 Å². The van der Waals surface area contributed by atoms with Crippen molar-refractivity contribution in [2.45, 2.75) is 93.4 Å². The summed E-state index contributed by atoms with van der Waals surface area (Å²) in [5.74, 6) is -11.0. The number of amides is 2. The number of aliphatic hydroxyl groups is 8. The van der Waals surface area contributed by atoms with Crippen molar-refractivity contribution in [2.75, 3.05) is 13.2 Å². The summed E-state index contributed by atoms with van der Waals surface area (Å²) in [5, 5.41) is 109. The van der Waals surface area contributed by atoms with Crippen molar-refractivity contribution in [1.82, 2.24) is 10.6 Å². The smallest absolute Gasteiger partial charge is 0.544 e. The Morgan fingerprint density at radius 1 is 0.930 bits per heavy atom. The summed E-state index contributed by atoms with van der Waals surface area (Å²) in [5.41, 5.74) is 0. The average molecular weight is 644 g/mol. The minimum atomic E-state index is -3.17. The molecule has 236 valence electrons. The van der Waals surface area contributed by atoms with E-state index in [0.717, 1.165) is 13.8 Å². The number of Topliss-reactive ketones (excluding diaryl/α,β-unsaturated/α-hetero) is 1. The summed E-state index contributed by atoms with van der Waals surface area (Å²) < 4.78 is 10.5. The number of carboxylic acid groups (broad SMARTS) is 2. The molecule has 1 saturated heterocycles. The van der Waals surface area contributed by atoms with Gasteiger partial charge in [-0.25, -0.2) is 0 Å². The molecule has 0 aromatic carbocycles. The van der Waals surface area contributed by atoms with Crippen LogP contribution in [0.5, 0.6) is 0 Å². The zero-order chi connectivity index (χ0) is 31.8. The van der Waals surface area contributed by atoms with Crippen molar-refractivity contribution >= 4 is 29.5 Å². The Balaban J connectivity index is 0. The molecule has 0 aromatic rings. The van der Waals surface area contributed by atoms with E-state index >= 15 is 0 Å². The topological polar surface area (TPSA) is 336 Å². The van der Waals surface area contributed by atoms with Crippen molar-refractivity contribution in [3.8, 4) is 0 Å². The van der Waals surface area contributed by atoms with Crippen LogP contribution in [0.15, 0.2) is 0 Å². The third kappa shape index (κ3) is 12.1. The van der Waals surface area contributed by atoms with Crippen LogP contribution < -0.4 is 80.0 Å². The molecule has 0 bridgehead atoms. The number of aliphatic carboxylic acids is 2. The van der Waals surface area contributed by atoms with E-state index in [-0.39, 0.29) is 59.1 Å². The third-order valence-electron chi connectivity index (χ3n) is 6.20. The Labute approximate surface area is 288 Å². The van der Waals surface area contributed by atoms with Crippen LogP contribution in [0.3, 0.4) is 0 Å².